The van der Waals surface area contributed by atoms with Gasteiger partial charge in [0.15, 0.2) is 6.61 Å². The third kappa shape index (κ3) is 4.26. The first-order valence-electron chi connectivity index (χ1n) is 9.49. The molecule has 1 aromatic carbocycles. The molecule has 0 aliphatic carbocycles. The smallest absolute Gasteiger partial charge is 0.375 e. The highest BCUT2D eigenvalue weighted by Crippen LogP contribution is 2.29. The number of piperidine rings is 1. The summed E-state index contributed by atoms with van der Waals surface area (Å²) in [6, 6.07) is 5.41. The van der Waals surface area contributed by atoms with Crippen LogP contribution in [0.3, 0.4) is 0 Å². The summed E-state index contributed by atoms with van der Waals surface area (Å²) >= 11 is 0. The zero-order chi connectivity index (χ0) is 19.6. The molecule has 0 N–H and O–H groups in total. The fourth-order valence-corrected chi connectivity index (χ4v) is 3.80. The molecular formula is C21H27NO5. The van der Waals surface area contributed by atoms with Crippen LogP contribution in [0.1, 0.15) is 43.3 Å². The van der Waals surface area contributed by atoms with Gasteiger partial charge in [0.2, 0.25) is 5.76 Å². The minimum atomic E-state index is -0.617. The van der Waals surface area contributed by atoms with Crippen molar-refractivity contribution in [2.24, 2.45) is 11.8 Å². The summed E-state index contributed by atoms with van der Waals surface area (Å²) in [7, 11) is 0. The molecule has 6 nitrogen and oxygen atoms in total. The largest absolute Gasteiger partial charge is 0.494 e. The van der Waals surface area contributed by atoms with E-state index in [0.717, 1.165) is 17.6 Å². The number of carbonyl (C=O) groups is 2. The van der Waals surface area contributed by atoms with Crippen molar-refractivity contribution in [1.29, 1.82) is 0 Å². The topological polar surface area (TPSA) is 69.0 Å². The Balaban J connectivity index is 1.67. The molecule has 146 valence electrons. The van der Waals surface area contributed by atoms with E-state index >= 15 is 0 Å². The van der Waals surface area contributed by atoms with Crippen molar-refractivity contribution < 1.29 is 23.5 Å². The molecule has 1 aliphatic rings. The fraction of sp³-hybridized carbons (Fsp3) is 0.524. The molecule has 3 rings (SSSR count). The monoisotopic (exact) mass is 373 g/mol. The summed E-state index contributed by atoms with van der Waals surface area (Å²) in [4.78, 5) is 26.6. The Labute approximate surface area is 159 Å². The molecule has 0 radical (unpaired) electrons. The Hall–Kier alpha value is -2.50. The zero-order valence-electron chi connectivity index (χ0n) is 16.4. The summed E-state index contributed by atoms with van der Waals surface area (Å²) in [6.07, 6.45) is 1.12. The maximum atomic E-state index is 12.4. The van der Waals surface area contributed by atoms with Gasteiger partial charge in [-0.05, 0) is 50.3 Å². The van der Waals surface area contributed by atoms with E-state index in [4.69, 9.17) is 13.9 Å². The molecule has 0 saturated carbocycles. The third-order valence-corrected chi connectivity index (χ3v) is 4.95. The lowest BCUT2D eigenvalue weighted by molar-refractivity contribution is -0.137. The molecule has 1 aliphatic heterocycles. The number of amides is 1. The molecule has 1 saturated heterocycles. The number of hydrogen-bond acceptors (Lipinski definition) is 5. The Bertz CT molecular complexity index is 830. The second kappa shape index (κ2) is 8.03. The predicted octanol–water partition coefficient (Wildman–Crippen LogP) is 3.80. The van der Waals surface area contributed by atoms with Crippen LogP contribution in [-0.2, 0) is 9.53 Å². The van der Waals surface area contributed by atoms with E-state index in [1.54, 1.807) is 24.0 Å². The number of furan rings is 1. The van der Waals surface area contributed by atoms with E-state index in [-0.39, 0.29) is 18.3 Å². The van der Waals surface area contributed by atoms with Crippen molar-refractivity contribution >= 4 is 22.8 Å². The van der Waals surface area contributed by atoms with Gasteiger partial charge in [0.25, 0.3) is 5.91 Å². The predicted molar refractivity (Wildman–Crippen MR) is 102 cm³/mol. The minimum absolute atomic E-state index is 0.131. The van der Waals surface area contributed by atoms with Gasteiger partial charge in [-0.2, -0.15) is 0 Å². The summed E-state index contributed by atoms with van der Waals surface area (Å²) in [5.74, 6) is 1.00. The van der Waals surface area contributed by atoms with Crippen molar-refractivity contribution in [2.45, 2.75) is 34.1 Å². The first kappa shape index (κ1) is 19.3. The van der Waals surface area contributed by atoms with Crippen LogP contribution in [0.2, 0.25) is 0 Å². The summed E-state index contributed by atoms with van der Waals surface area (Å²) in [5.41, 5.74) is 1.28. The van der Waals surface area contributed by atoms with E-state index in [2.05, 4.69) is 13.8 Å². The van der Waals surface area contributed by atoms with Crippen LogP contribution < -0.4 is 4.74 Å². The van der Waals surface area contributed by atoms with Crippen molar-refractivity contribution in [1.82, 2.24) is 4.90 Å². The lowest BCUT2D eigenvalue weighted by atomic mass is 9.92. The molecule has 1 fully saturated rings. The number of nitrogens with zero attached hydrogens (tertiary/aromatic N) is 1. The number of esters is 1. The van der Waals surface area contributed by atoms with Crippen LogP contribution in [0.25, 0.3) is 11.0 Å². The zero-order valence-corrected chi connectivity index (χ0v) is 16.4. The molecule has 2 atom stereocenters. The molecular weight excluding hydrogens is 346 g/mol. The maximum Gasteiger partial charge on any atom is 0.375 e. The van der Waals surface area contributed by atoms with Gasteiger partial charge in [-0.25, -0.2) is 4.79 Å². The Morgan fingerprint density at radius 1 is 1.22 bits per heavy atom. The van der Waals surface area contributed by atoms with E-state index in [0.29, 0.717) is 42.7 Å². The second-order valence-electron chi connectivity index (χ2n) is 7.47. The highest BCUT2D eigenvalue weighted by atomic mass is 16.5. The lowest BCUT2D eigenvalue weighted by Crippen LogP contribution is -2.44. The molecule has 6 heteroatoms. The van der Waals surface area contributed by atoms with Gasteiger partial charge in [0, 0.05) is 24.0 Å². The summed E-state index contributed by atoms with van der Waals surface area (Å²) < 4.78 is 16.4. The van der Waals surface area contributed by atoms with E-state index in [1.807, 2.05) is 13.0 Å². The third-order valence-electron chi connectivity index (χ3n) is 4.95. The standard InChI is InChI=1S/C21H27NO5/c1-5-25-16-6-7-18-17(9-16)15(4)20(27-18)21(24)26-12-19(23)22-10-13(2)8-14(3)11-22/h6-7,9,13-14H,5,8,10-12H2,1-4H3. The quantitative estimate of drug-likeness (QED) is 0.746. The number of hydrogen-bond donors (Lipinski definition) is 0. The average molecular weight is 373 g/mol. The van der Waals surface area contributed by atoms with Crippen molar-refractivity contribution in [2.75, 3.05) is 26.3 Å². The summed E-state index contributed by atoms with van der Waals surface area (Å²) in [6.45, 7) is 9.71. The molecule has 1 aromatic heterocycles. The number of benzene rings is 1. The molecule has 0 bridgehead atoms. The molecule has 2 aromatic rings. The number of likely N-dealkylation sites (tertiary alicyclic amines) is 1. The summed E-state index contributed by atoms with van der Waals surface area (Å²) in [5, 5.41) is 0.804. The van der Waals surface area contributed by atoms with Gasteiger partial charge < -0.3 is 18.8 Å². The van der Waals surface area contributed by atoms with Crippen LogP contribution in [-0.4, -0.2) is 43.1 Å². The van der Waals surface area contributed by atoms with E-state index in [9.17, 15) is 9.59 Å². The molecule has 0 spiro atoms. The normalized spacial score (nSPS) is 19.9. The van der Waals surface area contributed by atoms with Crippen LogP contribution >= 0.6 is 0 Å². The molecule has 2 heterocycles. The van der Waals surface area contributed by atoms with Gasteiger partial charge in [0.05, 0.1) is 6.61 Å². The average Bonchev–Trinajstić information content (AvgIpc) is 2.95. The highest BCUT2D eigenvalue weighted by molar-refractivity contribution is 5.97. The maximum absolute atomic E-state index is 12.4. The highest BCUT2D eigenvalue weighted by Gasteiger charge is 2.27. The Kier molecular flexibility index (Phi) is 5.73. The second-order valence-corrected chi connectivity index (χ2v) is 7.47. The number of carbonyl (C=O) groups excluding carboxylic acids is 2. The van der Waals surface area contributed by atoms with E-state index < -0.39 is 5.97 Å². The number of rotatable bonds is 5. The van der Waals surface area contributed by atoms with Crippen LogP contribution in [0.5, 0.6) is 5.75 Å². The number of aryl methyl sites for hydroxylation is 1. The Morgan fingerprint density at radius 3 is 2.59 bits per heavy atom. The molecule has 27 heavy (non-hydrogen) atoms. The lowest BCUT2D eigenvalue weighted by Gasteiger charge is -2.34. The van der Waals surface area contributed by atoms with Gasteiger partial charge in [0.1, 0.15) is 11.3 Å². The van der Waals surface area contributed by atoms with Crippen molar-refractivity contribution in [3.05, 3.63) is 29.5 Å². The van der Waals surface area contributed by atoms with Crippen LogP contribution in [0.15, 0.2) is 22.6 Å². The fourth-order valence-electron chi connectivity index (χ4n) is 3.80. The molecule has 2 unspecified atom stereocenters. The van der Waals surface area contributed by atoms with E-state index in [1.165, 1.54) is 0 Å². The van der Waals surface area contributed by atoms with Gasteiger partial charge in [-0.15, -0.1) is 0 Å². The Morgan fingerprint density at radius 2 is 1.93 bits per heavy atom. The number of fused-ring (bicyclic) bond motifs is 1. The van der Waals surface area contributed by atoms with Crippen molar-refractivity contribution in [3.63, 3.8) is 0 Å². The number of ether oxygens (including phenoxy) is 2. The van der Waals surface area contributed by atoms with Crippen LogP contribution in [0.4, 0.5) is 0 Å². The van der Waals surface area contributed by atoms with Crippen LogP contribution in [0, 0.1) is 18.8 Å². The van der Waals surface area contributed by atoms with Gasteiger partial charge >= 0.3 is 5.97 Å². The van der Waals surface area contributed by atoms with Gasteiger partial charge in [-0.1, -0.05) is 13.8 Å². The minimum Gasteiger partial charge on any atom is -0.494 e. The SMILES string of the molecule is CCOc1ccc2oc(C(=O)OCC(=O)N3CC(C)CC(C)C3)c(C)c2c1. The van der Waals surface area contributed by atoms with Gasteiger partial charge in [-0.3, -0.25) is 4.79 Å². The van der Waals surface area contributed by atoms with Crippen molar-refractivity contribution in [3.8, 4) is 5.75 Å². The first-order valence-corrected chi connectivity index (χ1v) is 9.49. The molecule has 1 amide bonds. The first-order chi connectivity index (χ1) is 12.9.